The lowest BCUT2D eigenvalue weighted by Crippen LogP contribution is -2.49. The lowest BCUT2D eigenvalue weighted by molar-refractivity contribution is -0.140. The Morgan fingerprint density at radius 3 is 2.46 bits per heavy atom. The van der Waals surface area contributed by atoms with Crippen LogP contribution in [0, 0.1) is 5.92 Å². The maximum atomic E-state index is 14.0. The fourth-order valence-corrected chi connectivity index (χ4v) is 6.14. The van der Waals surface area contributed by atoms with Crippen molar-refractivity contribution in [2.24, 2.45) is 5.92 Å². The number of likely N-dealkylation sites (N-methyl/N-ethyl adjacent to an activating group) is 1. The maximum absolute atomic E-state index is 14.0. The van der Waals surface area contributed by atoms with Crippen LogP contribution in [0.3, 0.4) is 0 Å². The third-order valence-corrected chi connectivity index (χ3v) is 8.70. The molecule has 1 fully saturated rings. The van der Waals surface area contributed by atoms with E-state index in [9.17, 15) is 24.0 Å². The number of methoxy groups -OCH3 is 1. The molecule has 4 amide bonds. The van der Waals surface area contributed by atoms with Crippen LogP contribution in [0.15, 0.2) is 66.7 Å². The predicted molar refractivity (Wildman–Crippen MR) is 172 cm³/mol. The molecule has 46 heavy (non-hydrogen) atoms. The molecule has 3 aliphatic rings. The van der Waals surface area contributed by atoms with Gasteiger partial charge in [-0.05, 0) is 65.9 Å². The van der Waals surface area contributed by atoms with Crippen molar-refractivity contribution in [2.45, 2.75) is 44.7 Å². The molecule has 3 aromatic carbocycles. The highest BCUT2D eigenvalue weighted by Gasteiger charge is 2.36. The first-order valence-corrected chi connectivity index (χ1v) is 15.6. The molecule has 1 N–H and O–H groups in total. The van der Waals surface area contributed by atoms with E-state index in [-0.39, 0.29) is 62.7 Å². The van der Waals surface area contributed by atoms with E-state index < -0.39 is 23.8 Å². The highest BCUT2D eigenvalue weighted by molar-refractivity contribution is 6.01. The number of ether oxygens (including phenoxy) is 2. The van der Waals surface area contributed by atoms with Gasteiger partial charge in [0.15, 0.2) is 0 Å². The number of carbonyl (C=O) groups excluding carboxylic acids is 5. The Balaban J connectivity index is 1.48. The number of anilines is 1. The third-order valence-electron chi connectivity index (χ3n) is 8.70. The number of hydrogen-bond acceptors (Lipinski definition) is 7. The Hall–Kier alpha value is -4.93. The summed E-state index contributed by atoms with van der Waals surface area (Å²) in [5.41, 5.74) is 0.915. The maximum Gasteiger partial charge on any atom is 0.307 e. The lowest BCUT2D eigenvalue weighted by Gasteiger charge is -2.30. The van der Waals surface area contributed by atoms with E-state index in [1.807, 2.05) is 42.5 Å². The summed E-state index contributed by atoms with van der Waals surface area (Å²) >= 11 is 0. The van der Waals surface area contributed by atoms with E-state index >= 15 is 0 Å². The SMILES string of the molecule is COC(=O)CCNC(=O)[C@@H]1CCC(=O)N(c2ccc3ccccc3c2)CC(=O)N2C[C@H](C)C[C@H]2COc2ccc(cc2)C(=O)N1C. The second-order valence-corrected chi connectivity index (χ2v) is 12.0. The largest absolute Gasteiger partial charge is 0.491 e. The lowest BCUT2D eigenvalue weighted by atomic mass is 10.1. The van der Waals surface area contributed by atoms with Crippen LogP contribution in [0.4, 0.5) is 5.69 Å². The van der Waals surface area contributed by atoms with Crippen LogP contribution >= 0.6 is 0 Å². The van der Waals surface area contributed by atoms with Gasteiger partial charge in [0.1, 0.15) is 24.9 Å². The van der Waals surface area contributed by atoms with Crippen molar-refractivity contribution in [3.63, 3.8) is 0 Å². The van der Waals surface area contributed by atoms with Crippen molar-refractivity contribution >= 4 is 46.1 Å². The number of amides is 4. The molecule has 1 saturated heterocycles. The minimum absolute atomic E-state index is 0.00598. The molecule has 3 aliphatic heterocycles. The number of fused-ring (bicyclic) bond motifs is 12. The number of rotatable bonds is 5. The fraction of sp³-hybridized carbons (Fsp3) is 0.400. The van der Waals surface area contributed by atoms with Crippen LogP contribution in [0.2, 0.25) is 0 Å². The van der Waals surface area contributed by atoms with E-state index in [0.717, 1.165) is 17.2 Å². The number of nitrogens with one attached hydrogen (secondary N) is 1. The highest BCUT2D eigenvalue weighted by Crippen LogP contribution is 2.28. The van der Waals surface area contributed by atoms with Crippen molar-refractivity contribution in [2.75, 3.05) is 45.3 Å². The van der Waals surface area contributed by atoms with E-state index in [4.69, 9.17) is 4.74 Å². The summed E-state index contributed by atoms with van der Waals surface area (Å²) in [6.45, 7) is 2.75. The molecule has 2 bridgehead atoms. The molecule has 11 heteroatoms. The van der Waals surface area contributed by atoms with E-state index in [1.54, 1.807) is 29.2 Å². The predicted octanol–water partition coefficient (Wildman–Crippen LogP) is 3.40. The van der Waals surface area contributed by atoms with Crippen molar-refractivity contribution in [1.29, 1.82) is 0 Å². The van der Waals surface area contributed by atoms with Crippen LogP contribution in [-0.4, -0.2) is 91.9 Å². The molecule has 3 aromatic rings. The van der Waals surface area contributed by atoms with Crippen LogP contribution in [0.25, 0.3) is 10.8 Å². The zero-order valence-electron chi connectivity index (χ0n) is 26.4. The molecule has 0 radical (unpaired) electrons. The van der Waals surface area contributed by atoms with Gasteiger partial charge in [0.05, 0.1) is 19.6 Å². The van der Waals surface area contributed by atoms with Crippen LogP contribution in [0.5, 0.6) is 5.75 Å². The Bertz CT molecular complexity index is 1610. The molecular formula is C35H40N4O7. The molecule has 0 spiro atoms. The molecular weight excluding hydrogens is 588 g/mol. The van der Waals surface area contributed by atoms with Crippen molar-refractivity contribution in [3.8, 4) is 5.75 Å². The van der Waals surface area contributed by atoms with Crippen molar-refractivity contribution in [1.82, 2.24) is 15.1 Å². The first-order chi connectivity index (χ1) is 22.1. The Labute approximate surface area is 268 Å². The van der Waals surface area contributed by atoms with E-state index in [2.05, 4.69) is 17.0 Å². The van der Waals surface area contributed by atoms with E-state index in [1.165, 1.54) is 24.0 Å². The van der Waals surface area contributed by atoms with Gasteiger partial charge in [-0.15, -0.1) is 0 Å². The Morgan fingerprint density at radius 1 is 0.978 bits per heavy atom. The first kappa shape index (κ1) is 32.5. The average Bonchev–Trinajstić information content (AvgIpc) is 3.45. The second-order valence-electron chi connectivity index (χ2n) is 12.0. The van der Waals surface area contributed by atoms with Gasteiger partial charge in [0, 0.05) is 37.8 Å². The van der Waals surface area contributed by atoms with Gasteiger partial charge in [-0.3, -0.25) is 24.0 Å². The van der Waals surface area contributed by atoms with E-state index in [0.29, 0.717) is 23.5 Å². The first-order valence-electron chi connectivity index (χ1n) is 15.6. The highest BCUT2D eigenvalue weighted by atomic mass is 16.5. The minimum Gasteiger partial charge on any atom is -0.491 e. The van der Waals surface area contributed by atoms with Crippen molar-refractivity contribution in [3.05, 3.63) is 72.3 Å². The molecule has 3 heterocycles. The van der Waals surface area contributed by atoms with Crippen molar-refractivity contribution < 1.29 is 33.4 Å². The monoisotopic (exact) mass is 628 g/mol. The fourth-order valence-electron chi connectivity index (χ4n) is 6.14. The second kappa shape index (κ2) is 14.4. The van der Waals surface area contributed by atoms with Gasteiger partial charge in [-0.2, -0.15) is 0 Å². The van der Waals surface area contributed by atoms with Gasteiger partial charge >= 0.3 is 5.97 Å². The number of nitrogens with zero attached hydrogens (tertiary/aromatic N) is 3. The topological polar surface area (TPSA) is 126 Å². The minimum atomic E-state index is -1.03. The Morgan fingerprint density at radius 2 is 1.72 bits per heavy atom. The zero-order valence-corrected chi connectivity index (χ0v) is 26.4. The number of benzene rings is 3. The smallest absolute Gasteiger partial charge is 0.307 e. The average molecular weight is 629 g/mol. The summed E-state index contributed by atoms with van der Waals surface area (Å²) in [5.74, 6) is -1.13. The molecule has 0 saturated carbocycles. The molecule has 3 atom stereocenters. The summed E-state index contributed by atoms with van der Waals surface area (Å²) in [6, 6.07) is 18.8. The molecule has 0 unspecified atom stereocenters. The zero-order chi connectivity index (χ0) is 32.8. The quantitative estimate of drug-likeness (QED) is 0.430. The summed E-state index contributed by atoms with van der Waals surface area (Å²) < 4.78 is 10.7. The number of hydrogen-bond donors (Lipinski definition) is 1. The summed E-state index contributed by atoms with van der Waals surface area (Å²) in [6.07, 6.45) is 0.605. The van der Waals surface area contributed by atoms with Gasteiger partial charge in [-0.1, -0.05) is 37.3 Å². The molecule has 11 nitrogen and oxygen atoms in total. The molecule has 242 valence electrons. The molecule has 0 aliphatic carbocycles. The Kier molecular flexibility index (Phi) is 10.2. The van der Waals surface area contributed by atoms with Crippen LogP contribution in [-0.2, 0) is 23.9 Å². The normalized spacial score (nSPS) is 21.2. The van der Waals surface area contributed by atoms with Crippen LogP contribution < -0.4 is 15.0 Å². The van der Waals surface area contributed by atoms with Gasteiger partial charge in [0.25, 0.3) is 5.91 Å². The number of carbonyl (C=O) groups is 5. The van der Waals surface area contributed by atoms with Gasteiger partial charge < -0.3 is 29.5 Å². The molecule has 6 rings (SSSR count). The summed E-state index contributed by atoms with van der Waals surface area (Å²) in [7, 11) is 2.77. The third kappa shape index (κ3) is 7.47. The van der Waals surface area contributed by atoms with Crippen LogP contribution in [0.1, 0.15) is 43.0 Å². The van der Waals surface area contributed by atoms with Gasteiger partial charge in [0.2, 0.25) is 17.7 Å². The summed E-state index contributed by atoms with van der Waals surface area (Å²) in [4.78, 5) is 71.1. The van der Waals surface area contributed by atoms with Gasteiger partial charge in [-0.25, -0.2) is 0 Å². The number of esters is 1. The summed E-state index contributed by atoms with van der Waals surface area (Å²) in [5, 5.41) is 4.61. The standard InChI is InChI=1S/C35H40N4O7/c1-23-18-28-22-46-29-12-9-25(10-13-29)35(44)37(2)30(34(43)36-17-16-33(42)45-3)14-15-31(40)39(21-32(41)38(28)20-23)27-11-8-24-6-4-5-7-26(24)19-27/h4-13,19,23,28,30H,14-18,20-22H2,1-3H3,(H,36,43)/t23-,28+,30+/m1/s1. The molecule has 0 aromatic heterocycles.